The summed E-state index contributed by atoms with van der Waals surface area (Å²) in [6.07, 6.45) is 5.76. The Labute approximate surface area is 226 Å². The van der Waals surface area contributed by atoms with E-state index >= 15 is 0 Å². The molecular weight excluding hydrogens is 498 g/mol. The van der Waals surface area contributed by atoms with Gasteiger partial charge in [0.15, 0.2) is 4.80 Å². The van der Waals surface area contributed by atoms with Crippen molar-refractivity contribution in [2.75, 3.05) is 31.7 Å². The number of aromatic nitrogens is 1. The molecule has 198 valence electrons. The lowest BCUT2D eigenvalue weighted by atomic mass is 9.93. The predicted octanol–water partition coefficient (Wildman–Crippen LogP) is 4.19. The van der Waals surface area contributed by atoms with Crippen molar-refractivity contribution >= 4 is 29.1 Å². The molecule has 0 spiro atoms. The number of hydrogen-bond donors (Lipinski definition) is 0. The minimum atomic E-state index is -0.692. The fourth-order valence-electron chi connectivity index (χ4n) is 5.22. The van der Waals surface area contributed by atoms with E-state index in [2.05, 4.69) is 29.2 Å². The van der Waals surface area contributed by atoms with Crippen molar-refractivity contribution < 1.29 is 14.3 Å². The number of allylic oxidation sites excluding steroid dienone is 1. The zero-order chi connectivity index (χ0) is 26.6. The van der Waals surface area contributed by atoms with Crippen LogP contribution in [0, 0.1) is 0 Å². The second-order valence-corrected chi connectivity index (χ2v) is 10.5. The Kier molecular flexibility index (Phi) is 7.79. The lowest BCUT2D eigenvalue weighted by molar-refractivity contribution is -0.139. The first kappa shape index (κ1) is 26.0. The second-order valence-electron chi connectivity index (χ2n) is 9.44. The third-order valence-electron chi connectivity index (χ3n) is 6.99. The summed E-state index contributed by atoms with van der Waals surface area (Å²) in [4.78, 5) is 35.0. The molecule has 1 atom stereocenters. The van der Waals surface area contributed by atoms with Gasteiger partial charge < -0.3 is 14.4 Å². The van der Waals surface area contributed by atoms with Gasteiger partial charge in [0, 0.05) is 24.3 Å². The van der Waals surface area contributed by atoms with E-state index in [1.54, 1.807) is 18.6 Å². The van der Waals surface area contributed by atoms with Crippen LogP contribution < -0.4 is 24.5 Å². The molecule has 0 saturated carbocycles. The number of anilines is 1. The molecule has 5 rings (SSSR count). The molecule has 0 unspecified atom stereocenters. The summed E-state index contributed by atoms with van der Waals surface area (Å²) in [5.41, 5.74) is 3.75. The number of esters is 1. The highest BCUT2D eigenvalue weighted by Crippen LogP contribution is 2.36. The molecule has 2 aliphatic heterocycles. The summed E-state index contributed by atoms with van der Waals surface area (Å²) in [6.45, 7) is 6.23. The van der Waals surface area contributed by atoms with E-state index in [0.717, 1.165) is 30.6 Å². The number of methoxy groups -OCH3 is 1. The minimum Gasteiger partial charge on any atom is -0.496 e. The van der Waals surface area contributed by atoms with Crippen molar-refractivity contribution in [1.82, 2.24) is 4.57 Å². The maximum absolute atomic E-state index is 13.9. The van der Waals surface area contributed by atoms with Gasteiger partial charge >= 0.3 is 5.97 Å². The monoisotopic (exact) mass is 531 g/mol. The largest absolute Gasteiger partial charge is 0.496 e. The van der Waals surface area contributed by atoms with Crippen LogP contribution in [0.1, 0.15) is 56.7 Å². The van der Waals surface area contributed by atoms with Gasteiger partial charge in [0.05, 0.1) is 29.5 Å². The van der Waals surface area contributed by atoms with Crippen molar-refractivity contribution in [2.24, 2.45) is 4.99 Å². The van der Waals surface area contributed by atoms with Crippen molar-refractivity contribution in [3.05, 3.63) is 90.6 Å². The fourth-order valence-corrected chi connectivity index (χ4v) is 6.24. The highest BCUT2D eigenvalue weighted by atomic mass is 32.1. The van der Waals surface area contributed by atoms with E-state index < -0.39 is 12.0 Å². The zero-order valence-corrected chi connectivity index (χ0v) is 22.9. The number of para-hydroxylation sites is 1. The van der Waals surface area contributed by atoms with Crippen LogP contribution >= 0.6 is 11.3 Å². The van der Waals surface area contributed by atoms with Crippen molar-refractivity contribution in [3.63, 3.8) is 0 Å². The molecule has 3 heterocycles. The Hall–Kier alpha value is -3.65. The number of nitrogens with zero attached hydrogens (tertiary/aromatic N) is 3. The molecule has 0 bridgehead atoms. The van der Waals surface area contributed by atoms with E-state index in [1.807, 2.05) is 37.3 Å². The van der Waals surface area contributed by atoms with Crippen LogP contribution in [0.5, 0.6) is 5.75 Å². The van der Waals surface area contributed by atoms with E-state index in [9.17, 15) is 9.59 Å². The van der Waals surface area contributed by atoms with Crippen LogP contribution in [0.3, 0.4) is 0 Å². The van der Waals surface area contributed by atoms with Crippen LogP contribution in [0.15, 0.2) is 69.6 Å². The second kappa shape index (κ2) is 11.4. The summed E-state index contributed by atoms with van der Waals surface area (Å²) < 4.78 is 13.3. The number of thiazole rings is 1. The summed E-state index contributed by atoms with van der Waals surface area (Å²) >= 11 is 1.35. The molecule has 3 aromatic rings. The van der Waals surface area contributed by atoms with Gasteiger partial charge in [0.25, 0.3) is 5.56 Å². The molecule has 0 amide bonds. The van der Waals surface area contributed by atoms with Crippen molar-refractivity contribution in [3.8, 4) is 5.75 Å². The molecule has 0 radical (unpaired) electrons. The lowest BCUT2D eigenvalue weighted by Crippen LogP contribution is -2.40. The Morgan fingerprint density at radius 3 is 2.53 bits per heavy atom. The maximum atomic E-state index is 13.9. The molecule has 1 fully saturated rings. The van der Waals surface area contributed by atoms with Gasteiger partial charge in [-0.1, -0.05) is 55.0 Å². The van der Waals surface area contributed by atoms with Gasteiger partial charge in [-0.2, -0.15) is 0 Å². The average Bonchev–Trinajstić information content (AvgIpc) is 3.57. The summed E-state index contributed by atoms with van der Waals surface area (Å²) in [7, 11) is 1.59. The Bertz CT molecular complexity index is 1530. The normalized spacial score (nSPS) is 17.4. The molecule has 0 aliphatic carbocycles. The molecule has 38 heavy (non-hydrogen) atoms. The quantitative estimate of drug-likeness (QED) is 0.408. The molecule has 7 nitrogen and oxygen atoms in total. The van der Waals surface area contributed by atoms with E-state index in [1.165, 1.54) is 29.9 Å². The number of benzene rings is 2. The number of carbonyl (C=O) groups excluding carboxylic acids is 1. The molecule has 2 aromatic carbocycles. The first-order valence-electron chi connectivity index (χ1n) is 13.3. The molecule has 8 heteroatoms. The SMILES string of the molecule is CCCC1=C(C(=O)OCC)[C@H](c2ccccc2OC)n2c(s/c(=C/c3ccc(N4CCCC4)cc3)c2=O)=N1. The van der Waals surface area contributed by atoms with Gasteiger partial charge in [-0.05, 0) is 56.0 Å². The van der Waals surface area contributed by atoms with E-state index in [0.29, 0.717) is 32.8 Å². The average molecular weight is 532 g/mol. The van der Waals surface area contributed by atoms with E-state index in [4.69, 9.17) is 14.5 Å². The van der Waals surface area contributed by atoms with E-state index in [-0.39, 0.29) is 12.2 Å². The molecule has 0 N–H and O–H groups in total. The van der Waals surface area contributed by atoms with Gasteiger partial charge in [0.1, 0.15) is 11.8 Å². The van der Waals surface area contributed by atoms with Crippen LogP contribution in [0.2, 0.25) is 0 Å². The summed E-state index contributed by atoms with van der Waals surface area (Å²) in [5, 5.41) is 0. The van der Waals surface area contributed by atoms with Gasteiger partial charge in [0.2, 0.25) is 0 Å². The van der Waals surface area contributed by atoms with Crippen LogP contribution in [0.4, 0.5) is 5.69 Å². The van der Waals surface area contributed by atoms with Crippen LogP contribution in [-0.4, -0.2) is 37.3 Å². The van der Waals surface area contributed by atoms with Gasteiger partial charge in [-0.25, -0.2) is 9.79 Å². The van der Waals surface area contributed by atoms with Crippen LogP contribution in [-0.2, 0) is 9.53 Å². The lowest BCUT2D eigenvalue weighted by Gasteiger charge is -2.26. The summed E-state index contributed by atoms with van der Waals surface area (Å²) in [5.74, 6) is 0.145. The molecule has 1 saturated heterocycles. The zero-order valence-electron chi connectivity index (χ0n) is 22.1. The van der Waals surface area contributed by atoms with Crippen molar-refractivity contribution in [2.45, 2.75) is 45.6 Å². The molecular formula is C30H33N3O4S. The van der Waals surface area contributed by atoms with Crippen molar-refractivity contribution in [1.29, 1.82) is 0 Å². The predicted molar refractivity (Wildman–Crippen MR) is 151 cm³/mol. The Morgan fingerprint density at radius 1 is 1.11 bits per heavy atom. The third-order valence-corrected chi connectivity index (χ3v) is 7.97. The molecule has 2 aliphatic rings. The minimum absolute atomic E-state index is 0.189. The highest BCUT2D eigenvalue weighted by Gasteiger charge is 2.35. The Balaban J connectivity index is 1.67. The number of carbonyl (C=O) groups is 1. The van der Waals surface area contributed by atoms with Crippen LogP contribution in [0.25, 0.3) is 6.08 Å². The number of hydrogen-bond acceptors (Lipinski definition) is 7. The first-order valence-corrected chi connectivity index (χ1v) is 14.1. The number of rotatable bonds is 8. The maximum Gasteiger partial charge on any atom is 0.338 e. The number of fused-ring (bicyclic) bond motifs is 1. The van der Waals surface area contributed by atoms with Gasteiger partial charge in [-0.15, -0.1) is 0 Å². The topological polar surface area (TPSA) is 73.1 Å². The molecule has 1 aromatic heterocycles. The number of ether oxygens (including phenoxy) is 2. The fraction of sp³-hybridized carbons (Fsp3) is 0.367. The summed E-state index contributed by atoms with van der Waals surface area (Å²) in [6, 6.07) is 15.1. The smallest absolute Gasteiger partial charge is 0.338 e. The Morgan fingerprint density at radius 2 is 1.84 bits per heavy atom. The third kappa shape index (κ3) is 4.92. The standard InChI is InChI=1S/C30H33N3O4S/c1-4-10-23-26(29(35)37-5-2)27(22-11-6-7-12-24(22)36-3)33-28(34)25(38-30(33)31-23)19-20-13-15-21(16-14-20)32-17-8-9-18-32/h6-7,11-16,19,27H,4-5,8-10,17-18H2,1-3H3/b25-19+/t27-/m0/s1. The highest BCUT2D eigenvalue weighted by molar-refractivity contribution is 7.07. The first-order chi connectivity index (χ1) is 18.5. The van der Waals surface area contributed by atoms with Gasteiger partial charge in [-0.3, -0.25) is 9.36 Å².